The van der Waals surface area contributed by atoms with Crippen molar-refractivity contribution in [2.24, 2.45) is 0 Å². The summed E-state index contributed by atoms with van der Waals surface area (Å²) < 4.78 is 0. The van der Waals surface area contributed by atoms with Crippen molar-refractivity contribution in [1.29, 1.82) is 0 Å². The minimum absolute atomic E-state index is 0.596. The van der Waals surface area contributed by atoms with Gasteiger partial charge in [0.2, 0.25) is 0 Å². The standard InChI is InChI=1S/C15H24N2/c1-13(2)16-9-12-17-10-7-14-5-3-4-6-15(14)8-11-17/h3-6,13,16H,7-12H2,1-2H3. The monoisotopic (exact) mass is 232 g/mol. The second-order valence-corrected chi connectivity index (χ2v) is 5.22. The van der Waals surface area contributed by atoms with Crippen molar-refractivity contribution < 1.29 is 0 Å². The SMILES string of the molecule is CC(C)NCCN1CCc2ccccc2CC1. The molecule has 1 aliphatic rings. The molecule has 2 heteroatoms. The van der Waals surface area contributed by atoms with Crippen LogP contribution >= 0.6 is 0 Å². The third kappa shape index (κ3) is 3.83. The second kappa shape index (κ2) is 6.18. The lowest BCUT2D eigenvalue weighted by atomic mass is 10.0. The average Bonchev–Trinajstić information content (AvgIpc) is 2.52. The molecule has 0 radical (unpaired) electrons. The molecule has 0 bridgehead atoms. The van der Waals surface area contributed by atoms with E-state index in [4.69, 9.17) is 0 Å². The molecule has 0 atom stereocenters. The third-order valence-electron chi connectivity index (χ3n) is 3.49. The number of fused-ring (bicyclic) bond motifs is 1. The molecule has 0 amide bonds. The molecule has 1 aromatic rings. The highest BCUT2D eigenvalue weighted by Crippen LogP contribution is 2.14. The fourth-order valence-electron chi connectivity index (χ4n) is 2.45. The van der Waals surface area contributed by atoms with Crippen molar-refractivity contribution in [1.82, 2.24) is 10.2 Å². The number of nitrogens with one attached hydrogen (secondary N) is 1. The minimum atomic E-state index is 0.596. The lowest BCUT2D eigenvalue weighted by Crippen LogP contribution is -2.36. The Hall–Kier alpha value is -0.860. The van der Waals surface area contributed by atoms with E-state index >= 15 is 0 Å². The Morgan fingerprint density at radius 3 is 2.24 bits per heavy atom. The summed E-state index contributed by atoms with van der Waals surface area (Å²) >= 11 is 0. The van der Waals surface area contributed by atoms with E-state index in [1.165, 1.54) is 32.5 Å². The molecule has 0 aliphatic carbocycles. The third-order valence-corrected chi connectivity index (χ3v) is 3.49. The van der Waals surface area contributed by atoms with Crippen LogP contribution in [0.25, 0.3) is 0 Å². The molecule has 1 aromatic carbocycles. The molecule has 94 valence electrons. The van der Waals surface area contributed by atoms with Gasteiger partial charge in [-0.1, -0.05) is 38.1 Å². The molecule has 1 heterocycles. The first-order chi connectivity index (χ1) is 8.25. The first kappa shape index (κ1) is 12.6. The molecule has 0 saturated carbocycles. The maximum Gasteiger partial charge on any atom is 0.0107 e. The highest BCUT2D eigenvalue weighted by molar-refractivity contribution is 5.28. The Morgan fingerprint density at radius 2 is 1.71 bits per heavy atom. The molecular weight excluding hydrogens is 208 g/mol. The van der Waals surface area contributed by atoms with E-state index in [9.17, 15) is 0 Å². The van der Waals surface area contributed by atoms with E-state index in [0.717, 1.165) is 6.54 Å². The van der Waals surface area contributed by atoms with Gasteiger partial charge in [-0.25, -0.2) is 0 Å². The molecule has 1 aliphatic heterocycles. The molecule has 0 spiro atoms. The Kier molecular flexibility index (Phi) is 4.57. The Labute approximate surface area is 105 Å². The van der Waals surface area contributed by atoms with Crippen molar-refractivity contribution in [3.05, 3.63) is 35.4 Å². The zero-order valence-corrected chi connectivity index (χ0v) is 11.1. The molecule has 0 fully saturated rings. The van der Waals surface area contributed by atoms with Gasteiger partial charge < -0.3 is 10.2 Å². The van der Waals surface area contributed by atoms with Gasteiger partial charge in [0.25, 0.3) is 0 Å². The van der Waals surface area contributed by atoms with E-state index < -0.39 is 0 Å². The summed E-state index contributed by atoms with van der Waals surface area (Å²) in [4.78, 5) is 2.58. The van der Waals surface area contributed by atoms with Crippen molar-refractivity contribution in [3.63, 3.8) is 0 Å². The zero-order chi connectivity index (χ0) is 12.1. The van der Waals surface area contributed by atoms with Crippen LogP contribution in [0.1, 0.15) is 25.0 Å². The molecule has 2 nitrogen and oxygen atoms in total. The first-order valence-corrected chi connectivity index (χ1v) is 6.78. The molecule has 0 saturated heterocycles. The van der Waals surface area contributed by atoms with Crippen LogP contribution in [0, 0.1) is 0 Å². The quantitative estimate of drug-likeness (QED) is 0.855. The number of nitrogens with zero attached hydrogens (tertiary/aromatic N) is 1. The average molecular weight is 232 g/mol. The summed E-state index contributed by atoms with van der Waals surface area (Å²) in [6.07, 6.45) is 2.41. The molecule has 2 rings (SSSR count). The second-order valence-electron chi connectivity index (χ2n) is 5.22. The van der Waals surface area contributed by atoms with E-state index in [1.807, 2.05) is 0 Å². The van der Waals surface area contributed by atoms with Crippen LogP contribution in [0.15, 0.2) is 24.3 Å². The van der Waals surface area contributed by atoms with Crippen LogP contribution in [0.5, 0.6) is 0 Å². The smallest absolute Gasteiger partial charge is 0.0107 e. The van der Waals surface area contributed by atoms with E-state index in [1.54, 1.807) is 11.1 Å². The Balaban J connectivity index is 1.82. The van der Waals surface area contributed by atoms with Crippen LogP contribution in [0.3, 0.4) is 0 Å². The van der Waals surface area contributed by atoms with Crippen LogP contribution in [-0.2, 0) is 12.8 Å². The zero-order valence-electron chi connectivity index (χ0n) is 11.1. The molecule has 17 heavy (non-hydrogen) atoms. The highest BCUT2D eigenvalue weighted by atomic mass is 15.1. The van der Waals surface area contributed by atoms with Crippen molar-refractivity contribution in [2.45, 2.75) is 32.7 Å². The minimum Gasteiger partial charge on any atom is -0.313 e. The van der Waals surface area contributed by atoms with Gasteiger partial charge in [-0.15, -0.1) is 0 Å². The predicted octanol–water partition coefficient (Wildman–Crippen LogP) is 2.09. The van der Waals surface area contributed by atoms with Gasteiger partial charge >= 0.3 is 0 Å². The maximum atomic E-state index is 3.49. The Bertz CT molecular complexity index is 320. The molecular formula is C15H24N2. The summed E-state index contributed by atoms with van der Waals surface area (Å²) in [6.45, 7) is 9.10. The predicted molar refractivity (Wildman–Crippen MR) is 73.4 cm³/mol. The normalized spacial score (nSPS) is 16.9. The van der Waals surface area contributed by atoms with E-state index in [-0.39, 0.29) is 0 Å². The van der Waals surface area contributed by atoms with Gasteiger partial charge in [-0.2, -0.15) is 0 Å². The number of hydrogen-bond acceptors (Lipinski definition) is 2. The largest absolute Gasteiger partial charge is 0.313 e. The van der Waals surface area contributed by atoms with Crippen LogP contribution in [-0.4, -0.2) is 37.1 Å². The maximum absolute atomic E-state index is 3.49. The van der Waals surface area contributed by atoms with Gasteiger partial charge in [0.1, 0.15) is 0 Å². The van der Waals surface area contributed by atoms with Crippen LogP contribution in [0.2, 0.25) is 0 Å². The van der Waals surface area contributed by atoms with Crippen molar-refractivity contribution >= 4 is 0 Å². The topological polar surface area (TPSA) is 15.3 Å². The van der Waals surface area contributed by atoms with Gasteiger partial charge in [-0.05, 0) is 24.0 Å². The number of benzene rings is 1. The molecule has 1 N–H and O–H groups in total. The summed E-state index contributed by atoms with van der Waals surface area (Å²) in [7, 11) is 0. The number of hydrogen-bond donors (Lipinski definition) is 1. The van der Waals surface area contributed by atoms with Crippen LogP contribution in [0.4, 0.5) is 0 Å². The summed E-state index contributed by atoms with van der Waals surface area (Å²) in [5, 5.41) is 3.49. The number of rotatable bonds is 4. The highest BCUT2D eigenvalue weighted by Gasteiger charge is 2.12. The first-order valence-electron chi connectivity index (χ1n) is 6.78. The van der Waals surface area contributed by atoms with Crippen LogP contribution < -0.4 is 5.32 Å². The lowest BCUT2D eigenvalue weighted by molar-refractivity contribution is 0.283. The Morgan fingerprint density at radius 1 is 1.12 bits per heavy atom. The van der Waals surface area contributed by atoms with Crippen molar-refractivity contribution in [3.8, 4) is 0 Å². The summed E-state index contributed by atoms with van der Waals surface area (Å²) in [6, 6.07) is 9.49. The van der Waals surface area contributed by atoms with Gasteiger partial charge in [0.05, 0.1) is 0 Å². The summed E-state index contributed by atoms with van der Waals surface area (Å²) in [5.74, 6) is 0. The lowest BCUT2D eigenvalue weighted by Gasteiger charge is -2.20. The van der Waals surface area contributed by atoms with E-state index in [2.05, 4.69) is 48.3 Å². The fourth-order valence-corrected chi connectivity index (χ4v) is 2.45. The summed E-state index contributed by atoms with van der Waals surface area (Å²) in [5.41, 5.74) is 3.10. The molecule has 0 unspecified atom stereocenters. The van der Waals surface area contributed by atoms with Gasteiger partial charge in [0, 0.05) is 32.2 Å². The van der Waals surface area contributed by atoms with Crippen molar-refractivity contribution in [2.75, 3.05) is 26.2 Å². The van der Waals surface area contributed by atoms with Gasteiger partial charge in [-0.3, -0.25) is 0 Å². The van der Waals surface area contributed by atoms with E-state index in [0.29, 0.717) is 6.04 Å². The fraction of sp³-hybridized carbons (Fsp3) is 0.600. The molecule has 0 aromatic heterocycles. The van der Waals surface area contributed by atoms with Gasteiger partial charge in [0.15, 0.2) is 0 Å².